The van der Waals surface area contributed by atoms with Gasteiger partial charge in [0.2, 0.25) is 11.8 Å². The molecule has 0 aliphatic carbocycles. The van der Waals surface area contributed by atoms with Gasteiger partial charge in [-0.05, 0) is 60.4 Å². The van der Waals surface area contributed by atoms with Crippen molar-refractivity contribution in [3.63, 3.8) is 0 Å². The number of hydrogen-bond acceptors (Lipinski definition) is 6. The van der Waals surface area contributed by atoms with E-state index in [0.29, 0.717) is 52.1 Å². The van der Waals surface area contributed by atoms with Crippen LogP contribution in [0.15, 0.2) is 0 Å². The van der Waals surface area contributed by atoms with Crippen LogP contribution in [-0.2, 0) is 9.59 Å². The molecule has 2 amide bonds. The third-order valence-corrected chi connectivity index (χ3v) is 7.39. The summed E-state index contributed by atoms with van der Waals surface area (Å²) in [6, 6.07) is 0. The first-order valence-electron chi connectivity index (χ1n) is 15.5. The molecule has 0 aliphatic heterocycles. The summed E-state index contributed by atoms with van der Waals surface area (Å²) in [4.78, 5) is 29.8. The Morgan fingerprint density at radius 2 is 1.05 bits per heavy atom. The minimum absolute atomic E-state index is 0.0224. The molecule has 0 aromatic heterocycles. The van der Waals surface area contributed by atoms with Crippen molar-refractivity contribution in [2.45, 2.75) is 108 Å². The fraction of sp³-hybridized carbons (Fsp3) is 0.938. The Morgan fingerprint density at radius 3 is 1.45 bits per heavy atom. The summed E-state index contributed by atoms with van der Waals surface area (Å²) in [6.45, 7) is 27.4. The first-order chi connectivity index (χ1) is 18.3. The monoisotopic (exact) mass is 571 g/mol. The standard InChI is InChI=1S/C32H66N4O4/c1-11-32(10,24-30(5,6)7)26-34-28(40)14-18-35(15-12-16-36(19-21-37)20-22-38)17-13-27(39)33-25-31(8,9)23-29(2,3)4/h37-38H,11-26H2,1-10H3,(H,33,39)(H,34,40). The second-order valence-corrected chi connectivity index (χ2v) is 15.3. The van der Waals surface area contributed by atoms with Gasteiger partial charge in [0, 0.05) is 52.1 Å². The lowest BCUT2D eigenvalue weighted by atomic mass is 9.73. The number of amides is 2. The number of nitrogens with zero attached hydrogens (tertiary/aromatic N) is 2. The van der Waals surface area contributed by atoms with E-state index in [4.69, 9.17) is 0 Å². The molecule has 0 aromatic rings. The summed E-state index contributed by atoms with van der Waals surface area (Å²) < 4.78 is 0. The molecule has 0 heterocycles. The molecule has 0 rings (SSSR count). The van der Waals surface area contributed by atoms with Crippen molar-refractivity contribution < 1.29 is 19.8 Å². The van der Waals surface area contributed by atoms with Crippen molar-refractivity contribution in [1.29, 1.82) is 0 Å². The molecule has 0 fully saturated rings. The van der Waals surface area contributed by atoms with E-state index in [-0.39, 0.29) is 46.7 Å². The van der Waals surface area contributed by atoms with Crippen LogP contribution < -0.4 is 10.6 Å². The SMILES string of the molecule is CCC(C)(CNC(=O)CCN(CCCN(CCO)CCO)CCC(=O)NCC(C)(C)CC(C)(C)C)CC(C)(C)C. The van der Waals surface area contributed by atoms with Gasteiger partial charge in [-0.15, -0.1) is 0 Å². The number of rotatable bonds is 21. The van der Waals surface area contributed by atoms with E-state index in [2.05, 4.69) is 84.8 Å². The Hall–Kier alpha value is -1.22. The first-order valence-corrected chi connectivity index (χ1v) is 15.5. The normalized spacial score (nSPS) is 14.4. The summed E-state index contributed by atoms with van der Waals surface area (Å²) in [6.07, 6.45) is 4.70. The third kappa shape index (κ3) is 20.6. The van der Waals surface area contributed by atoms with Gasteiger partial charge in [0.15, 0.2) is 0 Å². The van der Waals surface area contributed by atoms with Crippen LogP contribution in [0.25, 0.3) is 0 Å². The molecule has 0 aromatic carbocycles. The topological polar surface area (TPSA) is 105 Å². The lowest BCUT2D eigenvalue weighted by molar-refractivity contribution is -0.122. The molecule has 0 saturated heterocycles. The molecule has 0 saturated carbocycles. The predicted molar refractivity (Wildman–Crippen MR) is 167 cm³/mol. The highest BCUT2D eigenvalue weighted by atomic mass is 16.3. The number of aliphatic hydroxyl groups is 2. The van der Waals surface area contributed by atoms with Crippen molar-refractivity contribution in [1.82, 2.24) is 20.4 Å². The van der Waals surface area contributed by atoms with Gasteiger partial charge in [0.1, 0.15) is 0 Å². The van der Waals surface area contributed by atoms with Gasteiger partial charge in [-0.2, -0.15) is 0 Å². The maximum absolute atomic E-state index is 12.8. The van der Waals surface area contributed by atoms with Gasteiger partial charge < -0.3 is 25.7 Å². The van der Waals surface area contributed by atoms with E-state index in [0.717, 1.165) is 38.8 Å². The van der Waals surface area contributed by atoms with Gasteiger partial charge in [0.05, 0.1) is 13.2 Å². The van der Waals surface area contributed by atoms with Gasteiger partial charge in [-0.25, -0.2) is 0 Å². The van der Waals surface area contributed by atoms with Crippen molar-refractivity contribution in [2.75, 3.05) is 65.6 Å². The quantitative estimate of drug-likeness (QED) is 0.164. The summed E-state index contributed by atoms with van der Waals surface area (Å²) in [5.74, 6) is 0.0914. The van der Waals surface area contributed by atoms with Crippen molar-refractivity contribution in [2.24, 2.45) is 21.7 Å². The molecule has 0 radical (unpaired) electrons. The summed E-state index contributed by atoms with van der Waals surface area (Å²) in [5.41, 5.74) is 0.492. The van der Waals surface area contributed by atoms with Crippen LogP contribution in [0.3, 0.4) is 0 Å². The fourth-order valence-electron chi connectivity index (χ4n) is 5.91. The first kappa shape index (κ1) is 38.8. The predicted octanol–water partition coefficient (Wildman–Crippen LogP) is 4.29. The van der Waals surface area contributed by atoms with Crippen molar-refractivity contribution in [3.8, 4) is 0 Å². The van der Waals surface area contributed by atoms with Gasteiger partial charge in [-0.1, -0.05) is 69.2 Å². The Labute approximate surface area is 247 Å². The highest BCUT2D eigenvalue weighted by Crippen LogP contribution is 2.35. The third-order valence-electron chi connectivity index (χ3n) is 7.39. The molecule has 8 heteroatoms. The second-order valence-electron chi connectivity index (χ2n) is 15.3. The molecule has 0 bridgehead atoms. The van der Waals surface area contributed by atoms with Crippen LogP contribution in [0.1, 0.15) is 108 Å². The van der Waals surface area contributed by atoms with Gasteiger partial charge >= 0.3 is 0 Å². The lowest BCUT2D eigenvalue weighted by Gasteiger charge is -2.35. The summed E-state index contributed by atoms with van der Waals surface area (Å²) >= 11 is 0. The van der Waals surface area contributed by atoms with E-state index in [1.54, 1.807) is 0 Å². The molecule has 4 N–H and O–H groups in total. The Balaban J connectivity index is 5.01. The van der Waals surface area contributed by atoms with Crippen LogP contribution in [0, 0.1) is 21.7 Å². The minimum Gasteiger partial charge on any atom is -0.395 e. The molecule has 40 heavy (non-hydrogen) atoms. The maximum atomic E-state index is 12.8. The van der Waals surface area contributed by atoms with E-state index in [1.165, 1.54) is 0 Å². The largest absolute Gasteiger partial charge is 0.395 e. The van der Waals surface area contributed by atoms with E-state index in [9.17, 15) is 19.8 Å². The molecule has 0 spiro atoms. The van der Waals surface area contributed by atoms with E-state index >= 15 is 0 Å². The molecular weight excluding hydrogens is 504 g/mol. The lowest BCUT2D eigenvalue weighted by Crippen LogP contribution is -2.40. The molecule has 8 nitrogen and oxygen atoms in total. The Kier molecular flexibility index (Phi) is 17.8. The van der Waals surface area contributed by atoms with Gasteiger partial charge in [-0.3, -0.25) is 14.5 Å². The highest BCUT2D eigenvalue weighted by Gasteiger charge is 2.29. The maximum Gasteiger partial charge on any atom is 0.221 e. The van der Waals surface area contributed by atoms with Crippen molar-refractivity contribution in [3.05, 3.63) is 0 Å². The molecular formula is C32H66N4O4. The average Bonchev–Trinajstić information content (AvgIpc) is 2.80. The molecule has 1 atom stereocenters. The zero-order valence-electron chi connectivity index (χ0n) is 27.9. The fourth-order valence-corrected chi connectivity index (χ4v) is 5.91. The average molecular weight is 571 g/mol. The number of nitrogens with one attached hydrogen (secondary N) is 2. The van der Waals surface area contributed by atoms with E-state index in [1.807, 2.05) is 4.90 Å². The summed E-state index contributed by atoms with van der Waals surface area (Å²) in [5, 5.41) is 24.9. The van der Waals surface area contributed by atoms with Crippen LogP contribution in [0.4, 0.5) is 0 Å². The Morgan fingerprint density at radius 1 is 0.625 bits per heavy atom. The number of carbonyl (C=O) groups is 2. The molecule has 1 unspecified atom stereocenters. The van der Waals surface area contributed by atoms with Crippen LogP contribution >= 0.6 is 0 Å². The number of carbonyl (C=O) groups excluding carboxylic acids is 2. The van der Waals surface area contributed by atoms with Crippen LogP contribution in [-0.4, -0.2) is 97.4 Å². The Bertz CT molecular complexity index is 709. The zero-order chi connectivity index (χ0) is 31.0. The molecule has 238 valence electrons. The zero-order valence-corrected chi connectivity index (χ0v) is 27.9. The second kappa shape index (κ2) is 18.3. The smallest absolute Gasteiger partial charge is 0.221 e. The van der Waals surface area contributed by atoms with Crippen LogP contribution in [0.2, 0.25) is 0 Å². The summed E-state index contributed by atoms with van der Waals surface area (Å²) in [7, 11) is 0. The van der Waals surface area contributed by atoms with Gasteiger partial charge in [0.25, 0.3) is 0 Å². The number of hydrogen-bond donors (Lipinski definition) is 4. The highest BCUT2D eigenvalue weighted by molar-refractivity contribution is 5.76. The number of aliphatic hydroxyl groups excluding tert-OH is 2. The van der Waals surface area contributed by atoms with E-state index < -0.39 is 0 Å². The van der Waals surface area contributed by atoms with Crippen molar-refractivity contribution >= 4 is 11.8 Å². The van der Waals surface area contributed by atoms with Crippen LogP contribution in [0.5, 0.6) is 0 Å². The minimum atomic E-state index is 0.0224. The molecule has 0 aliphatic rings.